The van der Waals surface area contributed by atoms with Gasteiger partial charge in [-0.3, -0.25) is 0 Å². The highest BCUT2D eigenvalue weighted by Gasteiger charge is 2.22. The van der Waals surface area contributed by atoms with Gasteiger partial charge in [0.25, 0.3) is 0 Å². The normalized spacial score (nSPS) is 19.6. The Kier molecular flexibility index (Phi) is 3.83. The van der Waals surface area contributed by atoms with Crippen LogP contribution in [-0.2, 0) is 4.74 Å². The molecule has 0 aliphatic carbocycles. The van der Waals surface area contributed by atoms with Crippen LogP contribution in [0.2, 0.25) is 0 Å². The van der Waals surface area contributed by atoms with Crippen LogP contribution in [0.1, 0.15) is 37.9 Å². The van der Waals surface area contributed by atoms with E-state index in [0.29, 0.717) is 6.10 Å². The molecule has 0 amide bonds. The average molecular weight is 219 g/mol. The van der Waals surface area contributed by atoms with Crippen molar-refractivity contribution in [2.75, 3.05) is 25.1 Å². The smallest absolute Gasteiger partial charge is 0.0861 e. The molecule has 0 saturated carbocycles. The fraction of sp³-hybridized carbons (Fsp3) is 0.571. The van der Waals surface area contributed by atoms with Gasteiger partial charge in [-0.05, 0) is 18.9 Å². The number of hydrogen-bond acceptors (Lipinski definition) is 2. The molecule has 0 fully saturated rings. The van der Waals surface area contributed by atoms with Crippen LogP contribution in [0.5, 0.6) is 0 Å². The summed E-state index contributed by atoms with van der Waals surface area (Å²) in [5.41, 5.74) is 2.68. The summed E-state index contributed by atoms with van der Waals surface area (Å²) in [7, 11) is 2.15. The number of anilines is 1. The van der Waals surface area contributed by atoms with Gasteiger partial charge >= 0.3 is 0 Å². The molecule has 2 heteroatoms. The molecule has 1 atom stereocenters. The number of nitrogens with zero attached hydrogens (tertiary/aromatic N) is 1. The van der Waals surface area contributed by atoms with E-state index < -0.39 is 0 Å². The summed E-state index contributed by atoms with van der Waals surface area (Å²) in [5.74, 6) is 0. The fourth-order valence-electron chi connectivity index (χ4n) is 2.24. The number of hydrogen-bond donors (Lipinski definition) is 0. The number of unbranched alkanes of at least 4 members (excludes halogenated alkanes) is 1. The molecule has 1 aliphatic rings. The predicted molar refractivity (Wildman–Crippen MR) is 67.9 cm³/mol. The predicted octanol–water partition coefficient (Wildman–Crippen LogP) is 3.38. The van der Waals surface area contributed by atoms with Gasteiger partial charge in [-0.1, -0.05) is 31.5 Å². The zero-order chi connectivity index (χ0) is 11.4. The lowest BCUT2D eigenvalue weighted by Gasteiger charge is -2.33. The lowest BCUT2D eigenvalue weighted by Crippen LogP contribution is -2.28. The Morgan fingerprint density at radius 2 is 2.19 bits per heavy atom. The van der Waals surface area contributed by atoms with Crippen molar-refractivity contribution in [2.45, 2.75) is 32.3 Å². The standard InChI is InChI=1S/C14H21NO/c1-3-4-11-16-14-9-10-15(2)13-8-6-5-7-12(13)14/h5-8,14H,3-4,9-11H2,1-2H3. The van der Waals surface area contributed by atoms with E-state index in [2.05, 4.69) is 43.1 Å². The summed E-state index contributed by atoms with van der Waals surface area (Å²) in [6.45, 7) is 4.18. The largest absolute Gasteiger partial charge is 0.374 e. The molecule has 0 spiro atoms. The number of rotatable bonds is 4. The van der Waals surface area contributed by atoms with E-state index in [-0.39, 0.29) is 0 Å². The number of benzene rings is 1. The van der Waals surface area contributed by atoms with Crippen LogP contribution in [0.25, 0.3) is 0 Å². The molecule has 16 heavy (non-hydrogen) atoms. The summed E-state index contributed by atoms with van der Waals surface area (Å²) < 4.78 is 5.97. The van der Waals surface area contributed by atoms with E-state index in [1.807, 2.05) is 0 Å². The van der Waals surface area contributed by atoms with Crippen molar-refractivity contribution < 1.29 is 4.74 Å². The van der Waals surface area contributed by atoms with Gasteiger partial charge in [0.05, 0.1) is 6.10 Å². The molecule has 2 rings (SSSR count). The molecule has 0 radical (unpaired) electrons. The van der Waals surface area contributed by atoms with E-state index in [9.17, 15) is 0 Å². The second-order valence-corrected chi connectivity index (χ2v) is 4.48. The van der Waals surface area contributed by atoms with Crippen LogP contribution in [0, 0.1) is 0 Å². The van der Waals surface area contributed by atoms with Crippen molar-refractivity contribution in [3.05, 3.63) is 29.8 Å². The molecule has 1 heterocycles. The maximum absolute atomic E-state index is 5.97. The minimum atomic E-state index is 0.305. The first-order valence-electron chi connectivity index (χ1n) is 6.24. The summed E-state index contributed by atoms with van der Waals surface area (Å²) in [4.78, 5) is 2.31. The Morgan fingerprint density at radius 3 is 3.00 bits per heavy atom. The van der Waals surface area contributed by atoms with E-state index >= 15 is 0 Å². The molecule has 1 unspecified atom stereocenters. The van der Waals surface area contributed by atoms with Crippen LogP contribution >= 0.6 is 0 Å². The molecular formula is C14H21NO. The molecule has 2 nitrogen and oxygen atoms in total. The van der Waals surface area contributed by atoms with Crippen LogP contribution in [-0.4, -0.2) is 20.2 Å². The Bertz CT molecular complexity index is 337. The Labute approximate surface area is 98.2 Å². The molecule has 0 saturated heterocycles. The Balaban J connectivity index is 2.09. The number of para-hydroxylation sites is 1. The summed E-state index contributed by atoms with van der Waals surface area (Å²) in [6.07, 6.45) is 3.78. The second kappa shape index (κ2) is 5.35. The fourth-order valence-corrected chi connectivity index (χ4v) is 2.24. The third-order valence-corrected chi connectivity index (χ3v) is 3.24. The van der Waals surface area contributed by atoms with Crippen LogP contribution in [0.3, 0.4) is 0 Å². The molecule has 0 N–H and O–H groups in total. The van der Waals surface area contributed by atoms with Crippen molar-refractivity contribution in [2.24, 2.45) is 0 Å². The molecule has 88 valence electrons. The monoisotopic (exact) mass is 219 g/mol. The van der Waals surface area contributed by atoms with Crippen molar-refractivity contribution >= 4 is 5.69 Å². The summed E-state index contributed by atoms with van der Waals surface area (Å²) in [5, 5.41) is 0. The third-order valence-electron chi connectivity index (χ3n) is 3.24. The van der Waals surface area contributed by atoms with Gasteiger partial charge in [0.15, 0.2) is 0 Å². The van der Waals surface area contributed by atoms with Gasteiger partial charge in [0, 0.05) is 31.5 Å². The minimum Gasteiger partial charge on any atom is -0.374 e. The van der Waals surface area contributed by atoms with Gasteiger partial charge in [-0.25, -0.2) is 0 Å². The summed E-state index contributed by atoms with van der Waals surface area (Å²) in [6, 6.07) is 8.59. The van der Waals surface area contributed by atoms with Crippen LogP contribution < -0.4 is 4.90 Å². The molecule has 1 aromatic rings. The van der Waals surface area contributed by atoms with E-state index in [1.165, 1.54) is 17.7 Å². The first-order valence-corrected chi connectivity index (χ1v) is 6.24. The molecule has 1 aliphatic heterocycles. The van der Waals surface area contributed by atoms with Gasteiger partial charge < -0.3 is 9.64 Å². The van der Waals surface area contributed by atoms with E-state index in [1.54, 1.807) is 0 Å². The molecule has 1 aromatic carbocycles. The number of ether oxygens (including phenoxy) is 1. The van der Waals surface area contributed by atoms with Crippen molar-refractivity contribution in [1.82, 2.24) is 0 Å². The Hall–Kier alpha value is -1.02. The first-order chi connectivity index (χ1) is 7.83. The average Bonchev–Trinajstić information content (AvgIpc) is 2.33. The highest BCUT2D eigenvalue weighted by Crippen LogP contribution is 2.34. The SMILES string of the molecule is CCCCOC1CCN(C)c2ccccc21. The Morgan fingerprint density at radius 1 is 1.38 bits per heavy atom. The maximum atomic E-state index is 5.97. The van der Waals surface area contributed by atoms with E-state index in [4.69, 9.17) is 4.74 Å². The summed E-state index contributed by atoms with van der Waals surface area (Å²) >= 11 is 0. The second-order valence-electron chi connectivity index (χ2n) is 4.48. The molecule has 0 aromatic heterocycles. The zero-order valence-corrected chi connectivity index (χ0v) is 10.3. The quantitative estimate of drug-likeness (QED) is 0.720. The van der Waals surface area contributed by atoms with Gasteiger partial charge in [0.2, 0.25) is 0 Å². The molecule has 0 bridgehead atoms. The maximum Gasteiger partial charge on any atom is 0.0861 e. The van der Waals surface area contributed by atoms with Crippen molar-refractivity contribution in [1.29, 1.82) is 0 Å². The van der Waals surface area contributed by atoms with E-state index in [0.717, 1.165) is 26.0 Å². The van der Waals surface area contributed by atoms with Crippen molar-refractivity contribution in [3.8, 4) is 0 Å². The van der Waals surface area contributed by atoms with Crippen LogP contribution in [0.4, 0.5) is 5.69 Å². The third kappa shape index (κ3) is 2.38. The number of fused-ring (bicyclic) bond motifs is 1. The van der Waals surface area contributed by atoms with Crippen LogP contribution in [0.15, 0.2) is 24.3 Å². The highest BCUT2D eigenvalue weighted by molar-refractivity contribution is 5.55. The minimum absolute atomic E-state index is 0.305. The zero-order valence-electron chi connectivity index (χ0n) is 10.3. The van der Waals surface area contributed by atoms with Crippen molar-refractivity contribution in [3.63, 3.8) is 0 Å². The lowest BCUT2D eigenvalue weighted by atomic mass is 9.99. The van der Waals surface area contributed by atoms with Gasteiger partial charge in [0.1, 0.15) is 0 Å². The topological polar surface area (TPSA) is 12.5 Å². The van der Waals surface area contributed by atoms with Gasteiger partial charge in [-0.2, -0.15) is 0 Å². The first kappa shape index (κ1) is 11.5. The lowest BCUT2D eigenvalue weighted by molar-refractivity contribution is 0.0437. The highest BCUT2D eigenvalue weighted by atomic mass is 16.5. The van der Waals surface area contributed by atoms with Gasteiger partial charge in [-0.15, -0.1) is 0 Å². The molecular weight excluding hydrogens is 198 g/mol.